The third kappa shape index (κ3) is 9.70. The van der Waals surface area contributed by atoms with Crippen molar-refractivity contribution in [2.75, 3.05) is 20.3 Å². The number of carboxylic acid groups (broad SMARTS) is 1. The van der Waals surface area contributed by atoms with Crippen LogP contribution in [0.25, 0.3) is 0 Å². The molecule has 0 fully saturated rings. The normalized spacial score (nSPS) is 13.2. The fourth-order valence-electron chi connectivity index (χ4n) is 2.20. The molecule has 0 unspecified atom stereocenters. The Morgan fingerprint density at radius 2 is 1.87 bits per heavy atom. The van der Waals surface area contributed by atoms with Crippen molar-refractivity contribution in [3.8, 4) is 23.8 Å². The molecule has 0 aliphatic heterocycles. The maximum atomic E-state index is 11.1. The van der Waals surface area contributed by atoms with E-state index < -0.39 is 11.6 Å². The summed E-state index contributed by atoms with van der Waals surface area (Å²) in [6.45, 7) is 5.22. The summed E-state index contributed by atoms with van der Waals surface area (Å²) in [5.41, 5.74) is -0.171. The van der Waals surface area contributed by atoms with Gasteiger partial charge in [-0.05, 0) is 51.1 Å². The Balaban J connectivity index is 2.69. The minimum atomic E-state index is -1.33. The number of rotatable bonds is 12. The Kier molecular flexibility index (Phi) is 10.7. The highest BCUT2D eigenvalue weighted by Crippen LogP contribution is 2.22. The summed E-state index contributed by atoms with van der Waals surface area (Å²) in [5, 5.41) is 19.0. The third-order valence-electron chi connectivity index (χ3n) is 3.93. The van der Waals surface area contributed by atoms with E-state index >= 15 is 0 Å². The predicted molar refractivity (Wildman–Crippen MR) is 121 cm³/mol. The first-order chi connectivity index (χ1) is 14.7. The number of hydrogen-bond donors (Lipinski definition) is 2. The number of aliphatic hydroxyl groups is 1. The van der Waals surface area contributed by atoms with Gasteiger partial charge in [0, 0.05) is 25.3 Å². The fourth-order valence-corrected chi connectivity index (χ4v) is 2.20. The molecule has 0 aliphatic carbocycles. The van der Waals surface area contributed by atoms with Crippen LogP contribution in [0.5, 0.6) is 11.5 Å². The van der Waals surface area contributed by atoms with Crippen molar-refractivity contribution < 1.29 is 29.2 Å². The van der Waals surface area contributed by atoms with Crippen molar-refractivity contribution in [2.24, 2.45) is 4.99 Å². The van der Waals surface area contributed by atoms with Gasteiger partial charge in [-0.1, -0.05) is 18.1 Å². The van der Waals surface area contributed by atoms with Gasteiger partial charge in [0.05, 0.1) is 18.9 Å². The molecule has 0 amide bonds. The number of nitrogens with zero attached hydrogens (tertiary/aromatic N) is 1. The van der Waals surface area contributed by atoms with Crippen LogP contribution in [-0.2, 0) is 9.53 Å². The number of carbonyl (C=O) groups is 1. The topological polar surface area (TPSA) is 97.6 Å². The van der Waals surface area contributed by atoms with E-state index in [1.54, 1.807) is 62.7 Å². The number of aliphatic hydroxyl groups excluding tert-OH is 1. The van der Waals surface area contributed by atoms with Crippen LogP contribution in [0.2, 0.25) is 0 Å². The van der Waals surface area contributed by atoms with Gasteiger partial charge in [0.2, 0.25) is 0 Å². The lowest BCUT2D eigenvalue weighted by molar-refractivity contribution is -0.152. The lowest BCUT2D eigenvalue weighted by Gasteiger charge is -2.21. The van der Waals surface area contributed by atoms with Crippen LogP contribution in [0.1, 0.15) is 27.2 Å². The first kappa shape index (κ1) is 25.5. The van der Waals surface area contributed by atoms with Crippen molar-refractivity contribution in [1.29, 1.82) is 0 Å². The summed E-state index contributed by atoms with van der Waals surface area (Å²) in [4.78, 5) is 15.5. The molecule has 0 spiro atoms. The Hall–Kier alpha value is -3.50. The van der Waals surface area contributed by atoms with E-state index in [2.05, 4.69) is 10.9 Å². The van der Waals surface area contributed by atoms with Gasteiger partial charge in [0.1, 0.15) is 17.3 Å². The SMILES string of the molecule is C#C/C=C(\C=C/COC)/C=N/C(CCOc1ccc(OC(C)(C)C(=O)O)cc1)=C(/C)O. The highest BCUT2D eigenvalue weighted by molar-refractivity contribution is 5.83. The van der Waals surface area contributed by atoms with Gasteiger partial charge >= 0.3 is 5.97 Å². The van der Waals surface area contributed by atoms with Crippen LogP contribution < -0.4 is 9.47 Å². The number of hydrogen-bond acceptors (Lipinski definition) is 6. The largest absolute Gasteiger partial charge is 0.511 e. The van der Waals surface area contributed by atoms with E-state index in [-0.39, 0.29) is 12.4 Å². The highest BCUT2D eigenvalue weighted by Gasteiger charge is 2.29. The second-order valence-electron chi connectivity index (χ2n) is 6.95. The molecule has 1 aromatic carbocycles. The van der Waals surface area contributed by atoms with Gasteiger partial charge < -0.3 is 24.4 Å². The van der Waals surface area contributed by atoms with Crippen LogP contribution in [0.15, 0.2) is 64.5 Å². The number of methoxy groups -OCH3 is 1. The van der Waals surface area contributed by atoms with E-state index in [1.807, 2.05) is 0 Å². The average Bonchev–Trinajstić information content (AvgIpc) is 2.71. The molecule has 0 bridgehead atoms. The minimum absolute atomic E-state index is 0.0837. The van der Waals surface area contributed by atoms with E-state index in [0.29, 0.717) is 35.8 Å². The van der Waals surface area contributed by atoms with Crippen LogP contribution in [0, 0.1) is 12.3 Å². The Morgan fingerprint density at radius 1 is 1.23 bits per heavy atom. The summed E-state index contributed by atoms with van der Waals surface area (Å²) in [6.07, 6.45) is 12.4. The molecule has 1 rings (SSSR count). The van der Waals surface area contributed by atoms with Gasteiger partial charge in [-0.2, -0.15) is 0 Å². The number of terminal acetylenes is 1. The molecule has 0 saturated heterocycles. The molecule has 0 aliphatic rings. The summed E-state index contributed by atoms with van der Waals surface area (Å²) < 4.78 is 16.1. The van der Waals surface area contributed by atoms with E-state index in [9.17, 15) is 9.90 Å². The number of aliphatic carboxylic acids is 1. The average molecular weight is 427 g/mol. The maximum Gasteiger partial charge on any atom is 0.347 e. The van der Waals surface area contributed by atoms with Crippen LogP contribution >= 0.6 is 0 Å². The minimum Gasteiger partial charge on any atom is -0.511 e. The molecule has 7 heteroatoms. The molecule has 166 valence electrons. The van der Waals surface area contributed by atoms with Crippen molar-refractivity contribution >= 4 is 12.2 Å². The molecule has 0 atom stereocenters. The highest BCUT2D eigenvalue weighted by atomic mass is 16.5. The second kappa shape index (κ2) is 12.9. The number of aliphatic imine (C=N–C) groups is 1. The summed E-state index contributed by atoms with van der Waals surface area (Å²) in [7, 11) is 1.59. The Morgan fingerprint density at radius 3 is 2.42 bits per heavy atom. The van der Waals surface area contributed by atoms with Gasteiger partial charge in [0.25, 0.3) is 0 Å². The lowest BCUT2D eigenvalue weighted by Crippen LogP contribution is -2.37. The predicted octanol–water partition coefficient (Wildman–Crippen LogP) is 4.32. The molecular formula is C24H29NO6. The van der Waals surface area contributed by atoms with E-state index in [4.69, 9.17) is 25.7 Å². The number of carboxylic acids is 1. The number of ether oxygens (including phenoxy) is 3. The summed E-state index contributed by atoms with van der Waals surface area (Å²) >= 11 is 0. The van der Waals surface area contributed by atoms with Crippen molar-refractivity contribution in [3.63, 3.8) is 0 Å². The van der Waals surface area contributed by atoms with Crippen LogP contribution in [0.4, 0.5) is 0 Å². The summed E-state index contributed by atoms with van der Waals surface area (Å²) in [6, 6.07) is 6.63. The molecule has 31 heavy (non-hydrogen) atoms. The fraction of sp³-hybridized carbons (Fsp3) is 0.333. The molecule has 2 N–H and O–H groups in total. The molecule has 0 heterocycles. The standard InChI is InChI=1S/C24H29NO6/c1-6-8-19(9-7-15-29-5)17-25-22(18(2)26)14-16-30-20-10-12-21(13-11-20)31-24(3,4)23(27)28/h1,7-13,17,26H,14-16H2,2-5H3,(H,27,28)/b9-7-,19-8+,22-18-,25-17+. The van der Waals surface area contributed by atoms with Gasteiger partial charge in [-0.15, -0.1) is 6.42 Å². The number of allylic oxidation sites excluding steroid dienone is 4. The van der Waals surface area contributed by atoms with Gasteiger partial charge in [0.15, 0.2) is 5.60 Å². The first-order valence-corrected chi connectivity index (χ1v) is 9.59. The van der Waals surface area contributed by atoms with Gasteiger partial charge in [-0.25, -0.2) is 4.79 Å². The van der Waals surface area contributed by atoms with Crippen molar-refractivity contribution in [2.45, 2.75) is 32.8 Å². The molecule has 0 saturated carbocycles. The zero-order valence-corrected chi connectivity index (χ0v) is 18.3. The lowest BCUT2D eigenvalue weighted by atomic mass is 10.1. The maximum absolute atomic E-state index is 11.1. The molecule has 1 aromatic rings. The van der Waals surface area contributed by atoms with Gasteiger partial charge in [-0.3, -0.25) is 4.99 Å². The summed E-state index contributed by atoms with van der Waals surface area (Å²) in [5.74, 6) is 2.48. The Bertz CT molecular complexity index is 882. The second-order valence-corrected chi connectivity index (χ2v) is 6.95. The van der Waals surface area contributed by atoms with E-state index in [1.165, 1.54) is 13.8 Å². The van der Waals surface area contributed by atoms with Crippen LogP contribution in [0.3, 0.4) is 0 Å². The number of benzene rings is 1. The molecule has 7 nitrogen and oxygen atoms in total. The monoisotopic (exact) mass is 427 g/mol. The zero-order chi connectivity index (χ0) is 23.3. The Labute approximate surface area is 183 Å². The molecule has 0 radical (unpaired) electrons. The quantitative estimate of drug-likeness (QED) is 0.223. The molecule has 0 aromatic heterocycles. The first-order valence-electron chi connectivity index (χ1n) is 9.59. The van der Waals surface area contributed by atoms with Crippen LogP contribution in [-0.4, -0.2) is 48.3 Å². The van der Waals surface area contributed by atoms with Crippen molar-refractivity contribution in [1.82, 2.24) is 0 Å². The van der Waals surface area contributed by atoms with E-state index in [0.717, 1.165) is 0 Å². The third-order valence-corrected chi connectivity index (χ3v) is 3.93. The smallest absolute Gasteiger partial charge is 0.347 e. The van der Waals surface area contributed by atoms with Crippen molar-refractivity contribution in [3.05, 3.63) is 59.5 Å². The molecular weight excluding hydrogens is 398 g/mol. The zero-order valence-electron chi connectivity index (χ0n) is 18.3.